The number of likely N-dealkylation sites (N-methyl/N-ethyl adjacent to an activating group) is 1. The van der Waals surface area contributed by atoms with Crippen molar-refractivity contribution < 1.29 is 9.18 Å². The van der Waals surface area contributed by atoms with Gasteiger partial charge in [0, 0.05) is 30.6 Å². The number of carbonyl (C=O) groups excluding carboxylic acids is 1. The molecule has 0 aliphatic rings. The zero-order valence-corrected chi connectivity index (χ0v) is 19.5. The molecule has 1 N–H and O–H groups in total. The van der Waals surface area contributed by atoms with Crippen LogP contribution in [0.5, 0.6) is 0 Å². The van der Waals surface area contributed by atoms with Crippen molar-refractivity contribution in [3.8, 4) is 0 Å². The summed E-state index contributed by atoms with van der Waals surface area (Å²) in [6, 6.07) is 18.1. The van der Waals surface area contributed by atoms with Crippen LogP contribution in [0.25, 0.3) is 11.2 Å². The number of pyridine rings is 1. The summed E-state index contributed by atoms with van der Waals surface area (Å²) in [5, 5.41) is 3.70. The van der Waals surface area contributed by atoms with E-state index in [9.17, 15) is 9.18 Å². The lowest BCUT2D eigenvalue weighted by Crippen LogP contribution is -2.31. The highest BCUT2D eigenvalue weighted by Gasteiger charge is 2.14. The van der Waals surface area contributed by atoms with Crippen molar-refractivity contribution in [1.29, 1.82) is 0 Å². The van der Waals surface area contributed by atoms with Crippen molar-refractivity contribution >= 4 is 28.8 Å². The number of aromatic nitrogens is 3. The van der Waals surface area contributed by atoms with Crippen molar-refractivity contribution in [2.45, 2.75) is 17.5 Å². The Morgan fingerprint density at radius 3 is 2.64 bits per heavy atom. The average Bonchev–Trinajstić information content (AvgIpc) is 3.16. The Labute approximate surface area is 196 Å². The number of thioether (sulfide) groups is 1. The molecule has 2 heterocycles. The van der Waals surface area contributed by atoms with E-state index in [-0.39, 0.29) is 11.7 Å². The van der Waals surface area contributed by atoms with E-state index in [1.807, 2.05) is 66.0 Å². The number of nitrogens with one attached hydrogen (secondary N) is 1. The van der Waals surface area contributed by atoms with Crippen molar-refractivity contribution in [2.75, 3.05) is 27.2 Å². The second kappa shape index (κ2) is 10.6. The van der Waals surface area contributed by atoms with Gasteiger partial charge in [-0.05, 0) is 55.6 Å². The molecule has 2 aromatic heterocycles. The lowest BCUT2D eigenvalue weighted by molar-refractivity contribution is 0.0951. The third kappa shape index (κ3) is 5.77. The number of benzene rings is 2. The van der Waals surface area contributed by atoms with E-state index in [0.717, 1.165) is 28.4 Å². The number of halogens is 1. The van der Waals surface area contributed by atoms with Crippen LogP contribution in [0.3, 0.4) is 0 Å². The molecule has 6 nitrogen and oxygen atoms in total. The van der Waals surface area contributed by atoms with Crippen molar-refractivity contribution in [2.24, 2.45) is 0 Å². The first-order valence-corrected chi connectivity index (χ1v) is 11.7. The molecule has 0 spiro atoms. The summed E-state index contributed by atoms with van der Waals surface area (Å²) in [4.78, 5) is 23.6. The summed E-state index contributed by atoms with van der Waals surface area (Å²) < 4.78 is 16.1. The van der Waals surface area contributed by atoms with Crippen LogP contribution in [-0.4, -0.2) is 52.5 Å². The van der Waals surface area contributed by atoms with Crippen LogP contribution in [0.4, 0.5) is 4.39 Å². The van der Waals surface area contributed by atoms with Crippen molar-refractivity contribution in [3.05, 3.63) is 89.4 Å². The molecule has 0 saturated heterocycles. The summed E-state index contributed by atoms with van der Waals surface area (Å²) in [6.45, 7) is 1.94. The van der Waals surface area contributed by atoms with Gasteiger partial charge in [-0.1, -0.05) is 42.1 Å². The molecule has 33 heavy (non-hydrogen) atoms. The molecule has 0 aliphatic carbocycles. The van der Waals surface area contributed by atoms with Gasteiger partial charge in [-0.3, -0.25) is 9.36 Å². The first kappa shape index (κ1) is 22.9. The second-order valence-corrected chi connectivity index (χ2v) is 8.91. The van der Waals surface area contributed by atoms with Gasteiger partial charge in [-0.15, -0.1) is 0 Å². The van der Waals surface area contributed by atoms with Crippen LogP contribution in [0, 0.1) is 5.82 Å². The third-order valence-electron chi connectivity index (χ3n) is 5.18. The Hall–Kier alpha value is -3.23. The predicted octanol–water partition coefficient (Wildman–Crippen LogP) is 4.20. The molecule has 0 saturated carbocycles. The number of imidazole rings is 1. The number of nitrogens with zero attached hydrogens (tertiary/aromatic N) is 4. The van der Waals surface area contributed by atoms with Gasteiger partial charge in [0.05, 0.1) is 6.54 Å². The molecule has 2 aromatic carbocycles. The van der Waals surface area contributed by atoms with E-state index in [4.69, 9.17) is 4.98 Å². The average molecular weight is 464 g/mol. The Morgan fingerprint density at radius 2 is 1.88 bits per heavy atom. The Morgan fingerprint density at radius 1 is 1.09 bits per heavy atom. The fourth-order valence-electron chi connectivity index (χ4n) is 3.39. The van der Waals surface area contributed by atoms with E-state index in [2.05, 4.69) is 10.3 Å². The highest BCUT2D eigenvalue weighted by Crippen LogP contribution is 2.27. The molecule has 0 radical (unpaired) electrons. The van der Waals surface area contributed by atoms with E-state index < -0.39 is 0 Å². The summed E-state index contributed by atoms with van der Waals surface area (Å²) >= 11 is 1.48. The summed E-state index contributed by atoms with van der Waals surface area (Å²) in [6.07, 6.45) is 1.74. The maximum atomic E-state index is 14.1. The molecule has 1 amide bonds. The van der Waals surface area contributed by atoms with Gasteiger partial charge in [-0.25, -0.2) is 14.4 Å². The van der Waals surface area contributed by atoms with E-state index >= 15 is 0 Å². The van der Waals surface area contributed by atoms with Gasteiger partial charge in [0.1, 0.15) is 11.3 Å². The molecule has 4 aromatic rings. The molecular weight excluding hydrogens is 437 g/mol. The molecule has 0 unspecified atom stereocenters. The lowest BCUT2D eigenvalue weighted by Gasteiger charge is -2.11. The van der Waals surface area contributed by atoms with Gasteiger partial charge in [0.25, 0.3) is 5.91 Å². The maximum absolute atomic E-state index is 14.1. The maximum Gasteiger partial charge on any atom is 0.251 e. The molecular formula is C25H26FN5OS. The molecule has 170 valence electrons. The van der Waals surface area contributed by atoms with Crippen LogP contribution < -0.4 is 5.32 Å². The largest absolute Gasteiger partial charge is 0.351 e. The molecule has 8 heteroatoms. The van der Waals surface area contributed by atoms with E-state index in [1.165, 1.54) is 17.8 Å². The molecule has 0 aliphatic heterocycles. The third-order valence-corrected chi connectivity index (χ3v) is 6.21. The molecule has 0 atom stereocenters. The second-order valence-electron chi connectivity index (χ2n) is 7.96. The first-order chi connectivity index (χ1) is 16.0. The Kier molecular flexibility index (Phi) is 7.36. The monoisotopic (exact) mass is 463 g/mol. The van der Waals surface area contributed by atoms with Gasteiger partial charge in [0.15, 0.2) is 10.8 Å². The standard InChI is InChI=1S/C25H26FN5OS/c1-30(2)15-14-28-24(32)19-11-9-18(10-12-19)16-31-23-22(8-5-13-27-23)29-25(31)33-17-20-6-3-4-7-21(20)26/h3-13H,14-17H2,1-2H3,(H,28,32). The molecule has 0 fully saturated rings. The Bertz CT molecular complexity index is 1240. The smallest absolute Gasteiger partial charge is 0.251 e. The topological polar surface area (TPSA) is 63.1 Å². The minimum Gasteiger partial charge on any atom is -0.351 e. The quantitative estimate of drug-likeness (QED) is 0.377. The number of rotatable bonds is 9. The van der Waals surface area contributed by atoms with Gasteiger partial charge in [0.2, 0.25) is 0 Å². The SMILES string of the molecule is CN(C)CCNC(=O)c1ccc(Cn2c(SCc3ccccc3F)nc3cccnc32)cc1. The number of amides is 1. The van der Waals surface area contributed by atoms with E-state index in [1.54, 1.807) is 18.3 Å². The Balaban J connectivity index is 1.51. The number of carbonyl (C=O) groups is 1. The van der Waals surface area contributed by atoms with E-state index in [0.29, 0.717) is 30.0 Å². The summed E-state index contributed by atoms with van der Waals surface area (Å²) in [7, 11) is 3.94. The normalized spacial score (nSPS) is 11.3. The molecule has 4 rings (SSSR count). The fraction of sp³-hybridized carbons (Fsp3) is 0.240. The van der Waals surface area contributed by atoms with Gasteiger partial charge >= 0.3 is 0 Å². The van der Waals surface area contributed by atoms with Crippen LogP contribution in [0.15, 0.2) is 72.0 Å². The minimum atomic E-state index is -0.217. The highest BCUT2D eigenvalue weighted by atomic mass is 32.2. The zero-order valence-electron chi connectivity index (χ0n) is 18.7. The summed E-state index contributed by atoms with van der Waals surface area (Å²) in [5.41, 5.74) is 3.86. The fourth-order valence-corrected chi connectivity index (χ4v) is 4.38. The number of hydrogen-bond donors (Lipinski definition) is 1. The van der Waals surface area contributed by atoms with Crippen LogP contribution in [0.2, 0.25) is 0 Å². The molecule has 0 bridgehead atoms. The van der Waals surface area contributed by atoms with Crippen molar-refractivity contribution in [3.63, 3.8) is 0 Å². The van der Waals surface area contributed by atoms with Gasteiger partial charge < -0.3 is 10.2 Å². The first-order valence-electron chi connectivity index (χ1n) is 10.7. The van der Waals surface area contributed by atoms with Crippen molar-refractivity contribution in [1.82, 2.24) is 24.8 Å². The number of hydrogen-bond acceptors (Lipinski definition) is 5. The van der Waals surface area contributed by atoms with Crippen LogP contribution >= 0.6 is 11.8 Å². The lowest BCUT2D eigenvalue weighted by atomic mass is 10.1. The van der Waals surface area contributed by atoms with Crippen LogP contribution in [0.1, 0.15) is 21.5 Å². The minimum absolute atomic E-state index is 0.0840. The van der Waals surface area contributed by atoms with Crippen LogP contribution in [-0.2, 0) is 12.3 Å². The van der Waals surface area contributed by atoms with Gasteiger partial charge in [-0.2, -0.15) is 0 Å². The summed E-state index contributed by atoms with van der Waals surface area (Å²) in [5.74, 6) is 0.173. The predicted molar refractivity (Wildman–Crippen MR) is 130 cm³/mol. The zero-order chi connectivity index (χ0) is 23.2. The number of fused-ring (bicyclic) bond motifs is 1. The highest BCUT2D eigenvalue weighted by molar-refractivity contribution is 7.98.